The number of primary amides is 1. The van der Waals surface area contributed by atoms with Crippen molar-refractivity contribution < 1.29 is 56.6 Å². The van der Waals surface area contributed by atoms with Crippen LogP contribution in [0.2, 0.25) is 5.02 Å². The highest BCUT2D eigenvalue weighted by atomic mass is 35.5. The fourth-order valence-corrected chi connectivity index (χ4v) is 9.50. The van der Waals surface area contributed by atoms with Gasteiger partial charge in [-0.25, -0.2) is 0 Å². The van der Waals surface area contributed by atoms with Crippen LogP contribution in [0.25, 0.3) is 10.9 Å². The van der Waals surface area contributed by atoms with E-state index in [1.165, 1.54) is 17.0 Å². The standard InChI is InChI=1S/C44H49ClF2N7O10P/c1-53-18-17-29-11-14-35(54(29)43(60)34(22-53)51-41(58)33-21-26-20-27(9-13-32(26)50-33)44(46,47)65(61,62)63)42(59)49-28(10-15-37(48)55)23-64-36-8-4-6-25(39(36)45)19-24-5-2-3-7-30(24)31-12-16-38(56)52-40(31)57/h2-9,13,20-21,28-29,31,34-35,50H,10-12,14-19,22-23H2,1H3,(H2,48,55)(H,49,59)(H,51,58)(H,52,56,57)(H2,61,62,63)/t28-,29+,31?,34-,35-/m0/s1. The van der Waals surface area contributed by atoms with Gasteiger partial charge in [-0.1, -0.05) is 54.1 Å². The summed E-state index contributed by atoms with van der Waals surface area (Å²) in [5.41, 5.74) is 2.57. The minimum absolute atomic E-state index is 0.0795. The second kappa shape index (κ2) is 19.4. The molecule has 0 aliphatic carbocycles. The SMILES string of the molecule is CN1CC[C@H]2CC[C@@H](C(=O)N[C@@H](CCC(N)=O)COc3cccc(Cc4ccccc4C4CCC(=O)NC4=O)c3Cl)N2C(=O)[C@@H](NC(=O)c2cc3cc(C(F)(F)P(=O)(O)O)ccc3[nH]2)C1. The predicted molar refractivity (Wildman–Crippen MR) is 233 cm³/mol. The van der Waals surface area contributed by atoms with E-state index in [1.54, 1.807) is 19.2 Å². The normalized spacial score (nSPS) is 21.3. The summed E-state index contributed by atoms with van der Waals surface area (Å²) in [6.07, 6.45) is 2.35. The van der Waals surface area contributed by atoms with E-state index in [2.05, 4.69) is 20.9 Å². The Balaban J connectivity index is 1.04. The number of nitrogens with one attached hydrogen (secondary N) is 4. The minimum atomic E-state index is -5.84. The zero-order chi connectivity index (χ0) is 46.8. The van der Waals surface area contributed by atoms with E-state index in [0.29, 0.717) is 55.0 Å². The Labute approximate surface area is 376 Å². The number of benzene rings is 3. The van der Waals surface area contributed by atoms with Crippen LogP contribution in [-0.4, -0.2) is 111 Å². The van der Waals surface area contributed by atoms with Gasteiger partial charge in [-0.2, -0.15) is 8.78 Å². The van der Waals surface area contributed by atoms with Gasteiger partial charge >= 0.3 is 13.3 Å². The lowest BCUT2D eigenvalue weighted by molar-refractivity contribution is -0.143. The minimum Gasteiger partial charge on any atom is -0.490 e. The number of aromatic amines is 1. The van der Waals surface area contributed by atoms with Crippen LogP contribution in [-0.2, 0) is 40.6 Å². The maximum Gasteiger partial charge on any atom is 0.399 e. The first-order chi connectivity index (χ1) is 30.8. The Morgan fingerprint density at radius 3 is 2.51 bits per heavy atom. The van der Waals surface area contributed by atoms with E-state index in [9.17, 15) is 51.9 Å². The molecule has 0 bridgehead atoms. The molecule has 3 fully saturated rings. The van der Waals surface area contributed by atoms with Crippen molar-refractivity contribution >= 4 is 65.5 Å². The molecule has 4 aromatic rings. The molecular weight excluding hydrogens is 891 g/mol. The van der Waals surface area contributed by atoms with Gasteiger partial charge in [-0.3, -0.25) is 38.6 Å². The molecule has 1 unspecified atom stereocenters. The molecule has 5 atom stereocenters. The number of imide groups is 1. The van der Waals surface area contributed by atoms with Crippen molar-refractivity contribution in [3.05, 3.63) is 99.7 Å². The van der Waals surface area contributed by atoms with Crippen molar-refractivity contribution in [3.63, 3.8) is 0 Å². The number of carbonyl (C=O) groups excluding carboxylic acids is 6. The van der Waals surface area contributed by atoms with E-state index in [4.69, 9.17) is 22.1 Å². The highest BCUT2D eigenvalue weighted by Gasteiger charge is 2.50. The number of carbonyl (C=O) groups is 6. The van der Waals surface area contributed by atoms with Crippen molar-refractivity contribution in [2.24, 2.45) is 5.73 Å². The number of hydrogen-bond donors (Lipinski definition) is 7. The highest BCUT2D eigenvalue weighted by molar-refractivity contribution is 7.52. The summed E-state index contributed by atoms with van der Waals surface area (Å²) in [6.45, 7) is 0.500. The summed E-state index contributed by atoms with van der Waals surface area (Å²) in [7, 11) is -4.05. The number of ether oxygens (including phenoxy) is 1. The number of fused-ring (bicyclic) bond motifs is 2. The average molecular weight is 940 g/mol. The molecule has 3 aromatic carbocycles. The van der Waals surface area contributed by atoms with Gasteiger partial charge in [0.15, 0.2) is 0 Å². The molecule has 3 aliphatic heterocycles. The summed E-state index contributed by atoms with van der Waals surface area (Å²) >= 11 is 6.90. The van der Waals surface area contributed by atoms with Crippen LogP contribution in [0.3, 0.4) is 0 Å². The average Bonchev–Trinajstić information content (AvgIpc) is 3.88. The van der Waals surface area contributed by atoms with Crippen molar-refractivity contribution in [1.82, 2.24) is 30.7 Å². The van der Waals surface area contributed by atoms with Gasteiger partial charge in [0, 0.05) is 41.9 Å². The molecule has 21 heteroatoms. The second-order valence-corrected chi connectivity index (χ2v) is 18.8. The number of rotatable bonds is 15. The molecule has 3 saturated heterocycles. The maximum atomic E-state index is 14.5. The lowest BCUT2D eigenvalue weighted by atomic mass is 9.85. The fraction of sp³-hybridized carbons (Fsp3) is 0.409. The third kappa shape index (κ3) is 10.5. The van der Waals surface area contributed by atoms with Crippen LogP contribution in [0.15, 0.2) is 66.7 Å². The number of hydrogen-bond acceptors (Lipinski definition) is 9. The molecule has 0 spiro atoms. The zero-order valence-electron chi connectivity index (χ0n) is 35.2. The van der Waals surface area contributed by atoms with E-state index >= 15 is 0 Å². The molecule has 6 amide bonds. The Morgan fingerprint density at radius 2 is 1.77 bits per heavy atom. The van der Waals surface area contributed by atoms with E-state index in [1.807, 2.05) is 35.2 Å². The topological polar surface area (TPSA) is 254 Å². The number of halogens is 3. The summed E-state index contributed by atoms with van der Waals surface area (Å²) in [6, 6.07) is 13.6. The number of H-pyrrole nitrogens is 1. The van der Waals surface area contributed by atoms with Gasteiger partial charge in [0.25, 0.3) is 5.91 Å². The summed E-state index contributed by atoms with van der Waals surface area (Å²) < 4.78 is 46.5. The third-order valence-electron chi connectivity index (χ3n) is 12.2. The Morgan fingerprint density at radius 1 is 1.02 bits per heavy atom. The van der Waals surface area contributed by atoms with Crippen LogP contribution in [0.4, 0.5) is 8.78 Å². The van der Waals surface area contributed by atoms with E-state index < -0.39 is 66.5 Å². The highest BCUT2D eigenvalue weighted by Crippen LogP contribution is 2.59. The summed E-state index contributed by atoms with van der Waals surface area (Å²) in [5, 5.41) is 8.47. The van der Waals surface area contributed by atoms with Crippen LogP contribution in [0.1, 0.15) is 83.6 Å². The zero-order valence-corrected chi connectivity index (χ0v) is 36.9. The van der Waals surface area contributed by atoms with E-state index in [-0.39, 0.29) is 66.9 Å². The maximum absolute atomic E-state index is 14.5. The Hall–Kier alpha value is -5.72. The predicted octanol–water partition coefficient (Wildman–Crippen LogP) is 3.78. The first-order valence-electron chi connectivity index (χ1n) is 21.1. The Kier molecular flexibility index (Phi) is 14.1. The number of nitrogens with two attached hydrogens (primary N) is 1. The van der Waals surface area contributed by atoms with Gasteiger partial charge in [0.2, 0.25) is 29.5 Å². The smallest absolute Gasteiger partial charge is 0.399 e. The third-order valence-corrected chi connectivity index (χ3v) is 13.6. The molecule has 346 valence electrons. The van der Waals surface area contributed by atoms with Crippen LogP contribution in [0, 0.1) is 0 Å². The van der Waals surface area contributed by atoms with Crippen LogP contribution < -0.4 is 26.4 Å². The number of piperidine rings is 1. The summed E-state index contributed by atoms with van der Waals surface area (Å²) in [4.78, 5) is 103. The molecule has 4 heterocycles. The molecule has 0 radical (unpaired) electrons. The molecule has 1 aromatic heterocycles. The Bertz CT molecular complexity index is 2570. The van der Waals surface area contributed by atoms with Gasteiger partial charge in [-0.15, -0.1) is 0 Å². The molecule has 8 N–H and O–H groups in total. The molecule has 3 aliphatic rings. The van der Waals surface area contributed by atoms with Crippen molar-refractivity contribution in [3.8, 4) is 5.75 Å². The first-order valence-corrected chi connectivity index (χ1v) is 23.1. The molecule has 0 saturated carbocycles. The first kappa shape index (κ1) is 47.2. The number of likely N-dealkylation sites (N-methyl/N-ethyl adjacent to an activating group) is 1. The molecule has 7 rings (SSSR count). The number of alkyl halides is 2. The van der Waals surface area contributed by atoms with Crippen molar-refractivity contribution in [2.45, 2.75) is 87.1 Å². The van der Waals surface area contributed by atoms with Crippen molar-refractivity contribution in [1.29, 1.82) is 0 Å². The number of amides is 6. The second-order valence-electron chi connectivity index (χ2n) is 16.8. The lowest BCUT2D eigenvalue weighted by Gasteiger charge is -2.38. The lowest BCUT2D eigenvalue weighted by Crippen LogP contribution is -2.60. The van der Waals surface area contributed by atoms with Gasteiger partial charge < -0.3 is 45.7 Å². The van der Waals surface area contributed by atoms with Crippen LogP contribution >= 0.6 is 19.2 Å². The largest absolute Gasteiger partial charge is 0.490 e. The van der Waals surface area contributed by atoms with Gasteiger partial charge in [0.05, 0.1) is 17.0 Å². The van der Waals surface area contributed by atoms with E-state index in [0.717, 1.165) is 23.3 Å². The number of nitrogens with zero attached hydrogens (tertiary/aromatic N) is 2. The van der Waals surface area contributed by atoms with Crippen molar-refractivity contribution in [2.75, 3.05) is 26.7 Å². The number of aromatic nitrogens is 1. The van der Waals surface area contributed by atoms with Crippen LogP contribution in [0.5, 0.6) is 5.75 Å². The molecule has 17 nitrogen and oxygen atoms in total. The quantitative estimate of drug-likeness (QED) is 0.0667. The van der Waals surface area contributed by atoms with Gasteiger partial charge in [-0.05, 0) is 93.1 Å². The fourth-order valence-electron chi connectivity index (χ4n) is 8.78. The monoisotopic (exact) mass is 939 g/mol. The van der Waals surface area contributed by atoms with Gasteiger partial charge in [0.1, 0.15) is 30.1 Å². The summed E-state index contributed by atoms with van der Waals surface area (Å²) in [5.74, 6) is -3.22. The molecule has 65 heavy (non-hydrogen) atoms. The molecular formula is C44H49ClF2N7O10P.